The van der Waals surface area contributed by atoms with Gasteiger partial charge in [-0.3, -0.25) is 4.79 Å². The Balaban J connectivity index is 2.87. The number of halogens is 1. The third-order valence-corrected chi connectivity index (χ3v) is 1.61. The van der Waals surface area contributed by atoms with Crippen molar-refractivity contribution >= 4 is 15.9 Å². The van der Waals surface area contributed by atoms with Crippen LogP contribution in [0, 0.1) is 6.92 Å². The molecule has 0 saturated heterocycles. The van der Waals surface area contributed by atoms with Gasteiger partial charge in [0.25, 0.3) is 0 Å². The monoisotopic (exact) mass is 244 g/mol. The lowest BCUT2D eigenvalue weighted by Crippen LogP contribution is -2.09. The van der Waals surface area contributed by atoms with Gasteiger partial charge in [0, 0.05) is 10.5 Å². The minimum Gasteiger partial charge on any atom is -0.481 e. The van der Waals surface area contributed by atoms with Crippen molar-refractivity contribution in [3.8, 4) is 5.75 Å². The average molecular weight is 245 g/mol. The molecule has 3 nitrogen and oxygen atoms in total. The second kappa shape index (κ2) is 4.28. The highest BCUT2D eigenvalue weighted by Gasteiger charge is 2.05. The smallest absolute Gasteiger partial charge is 0.227 e. The molecule has 13 heavy (non-hydrogen) atoms. The third-order valence-electron chi connectivity index (χ3n) is 1.38. The second-order valence-corrected chi connectivity index (χ2v) is 3.60. The van der Waals surface area contributed by atoms with E-state index in [1.54, 1.807) is 6.92 Å². The van der Waals surface area contributed by atoms with Crippen molar-refractivity contribution in [2.24, 2.45) is 0 Å². The van der Waals surface area contributed by atoms with Crippen LogP contribution in [0.25, 0.3) is 0 Å². The van der Waals surface area contributed by atoms with E-state index in [0.717, 1.165) is 0 Å². The van der Waals surface area contributed by atoms with Gasteiger partial charge in [-0.25, -0.2) is 0 Å². The predicted octanol–water partition coefficient (Wildman–Crippen LogP) is 2.24. The van der Waals surface area contributed by atoms with Crippen LogP contribution in [-0.2, 0) is 0 Å². The summed E-state index contributed by atoms with van der Waals surface area (Å²) in [4.78, 5) is 11.2. The molecular formula is C9H9BrO3. The van der Waals surface area contributed by atoms with Gasteiger partial charge in [-0.05, 0) is 6.92 Å². The molecule has 0 aliphatic rings. The predicted molar refractivity (Wildman–Crippen MR) is 53.3 cm³/mol. The Morgan fingerprint density at radius 3 is 3.00 bits per heavy atom. The molecule has 0 saturated carbocycles. The second-order valence-electron chi connectivity index (χ2n) is 2.48. The minimum absolute atomic E-state index is 0.183. The Kier molecular flexibility index (Phi) is 3.31. The molecule has 1 aromatic heterocycles. The molecule has 0 bridgehead atoms. The van der Waals surface area contributed by atoms with Crippen molar-refractivity contribution in [1.82, 2.24) is 0 Å². The van der Waals surface area contributed by atoms with Gasteiger partial charge < -0.3 is 9.15 Å². The van der Waals surface area contributed by atoms with E-state index in [2.05, 4.69) is 22.5 Å². The summed E-state index contributed by atoms with van der Waals surface area (Å²) in [6.07, 6.45) is 1.34. The maximum atomic E-state index is 11.2. The lowest BCUT2D eigenvalue weighted by Gasteiger charge is -2.04. The minimum atomic E-state index is -0.183. The molecule has 0 fully saturated rings. The van der Waals surface area contributed by atoms with Crippen LogP contribution in [0.4, 0.5) is 0 Å². The van der Waals surface area contributed by atoms with Gasteiger partial charge in [0.1, 0.15) is 12.4 Å². The Morgan fingerprint density at radius 2 is 2.46 bits per heavy atom. The zero-order valence-electron chi connectivity index (χ0n) is 7.17. The maximum Gasteiger partial charge on any atom is 0.227 e. The molecule has 0 amide bonds. The fourth-order valence-corrected chi connectivity index (χ4v) is 0.938. The molecule has 1 heterocycles. The first-order valence-electron chi connectivity index (χ1n) is 3.65. The Labute approximate surface area is 84.1 Å². The summed E-state index contributed by atoms with van der Waals surface area (Å²) in [7, 11) is 0. The fourth-order valence-electron chi connectivity index (χ4n) is 0.824. The summed E-state index contributed by atoms with van der Waals surface area (Å²) in [5, 5.41) is 0. The van der Waals surface area contributed by atoms with Gasteiger partial charge in [-0.15, -0.1) is 0 Å². The summed E-state index contributed by atoms with van der Waals surface area (Å²) in [5.41, 5.74) is -0.183. The number of aryl methyl sites for hydroxylation is 1. The highest BCUT2D eigenvalue weighted by molar-refractivity contribution is 9.11. The Bertz CT molecular complexity index is 367. The average Bonchev–Trinajstić information content (AvgIpc) is 2.03. The molecule has 0 spiro atoms. The van der Waals surface area contributed by atoms with Gasteiger partial charge in [-0.1, -0.05) is 22.5 Å². The molecule has 0 aliphatic heterocycles. The number of rotatable bonds is 3. The lowest BCUT2D eigenvalue weighted by molar-refractivity contribution is 0.333. The number of hydrogen-bond donors (Lipinski definition) is 0. The zero-order valence-corrected chi connectivity index (χ0v) is 8.76. The van der Waals surface area contributed by atoms with Gasteiger partial charge in [0.05, 0.1) is 6.26 Å². The van der Waals surface area contributed by atoms with Crippen LogP contribution in [-0.4, -0.2) is 6.61 Å². The van der Waals surface area contributed by atoms with Crippen molar-refractivity contribution in [1.29, 1.82) is 0 Å². The van der Waals surface area contributed by atoms with E-state index in [0.29, 0.717) is 10.2 Å². The van der Waals surface area contributed by atoms with Crippen LogP contribution in [0.2, 0.25) is 0 Å². The first-order valence-corrected chi connectivity index (χ1v) is 4.45. The molecule has 70 valence electrons. The van der Waals surface area contributed by atoms with Crippen LogP contribution in [0.5, 0.6) is 5.75 Å². The van der Waals surface area contributed by atoms with Crippen LogP contribution in [0.15, 0.2) is 32.6 Å². The standard InChI is InChI=1S/C9H9BrO3/c1-6(10)5-13-9-7(2)12-4-3-8(9)11/h3-4H,1,5H2,2H3. The number of hydrogen-bond acceptors (Lipinski definition) is 3. The molecule has 0 aliphatic carbocycles. The topological polar surface area (TPSA) is 39.4 Å². The lowest BCUT2D eigenvalue weighted by atomic mass is 10.4. The zero-order chi connectivity index (χ0) is 9.84. The normalized spacial score (nSPS) is 9.69. The van der Waals surface area contributed by atoms with Gasteiger partial charge in [0.15, 0.2) is 0 Å². The van der Waals surface area contributed by atoms with Gasteiger partial charge in [0.2, 0.25) is 11.2 Å². The van der Waals surface area contributed by atoms with E-state index in [4.69, 9.17) is 9.15 Å². The SMILES string of the molecule is C=C(Br)COc1c(C)occc1=O. The summed E-state index contributed by atoms with van der Waals surface area (Å²) in [5.74, 6) is 0.712. The van der Waals surface area contributed by atoms with Gasteiger partial charge in [-0.2, -0.15) is 0 Å². The molecule has 4 heteroatoms. The van der Waals surface area contributed by atoms with Crippen molar-refractivity contribution < 1.29 is 9.15 Å². The van der Waals surface area contributed by atoms with E-state index in [1.165, 1.54) is 12.3 Å². The van der Waals surface area contributed by atoms with E-state index in [-0.39, 0.29) is 17.8 Å². The Morgan fingerprint density at radius 1 is 1.77 bits per heavy atom. The number of ether oxygens (including phenoxy) is 1. The summed E-state index contributed by atoms with van der Waals surface area (Å²) >= 11 is 3.13. The van der Waals surface area contributed by atoms with E-state index >= 15 is 0 Å². The first-order chi connectivity index (χ1) is 6.11. The highest BCUT2D eigenvalue weighted by atomic mass is 79.9. The molecule has 0 radical (unpaired) electrons. The van der Waals surface area contributed by atoms with Crippen LogP contribution >= 0.6 is 15.9 Å². The van der Waals surface area contributed by atoms with Crippen LogP contribution in [0.3, 0.4) is 0 Å². The molecule has 0 aromatic carbocycles. The summed E-state index contributed by atoms with van der Waals surface area (Å²) in [6.45, 7) is 5.52. The summed E-state index contributed by atoms with van der Waals surface area (Å²) in [6, 6.07) is 1.32. The quantitative estimate of drug-likeness (QED) is 0.819. The molecule has 0 atom stereocenters. The molecule has 0 unspecified atom stereocenters. The van der Waals surface area contributed by atoms with Crippen molar-refractivity contribution in [3.63, 3.8) is 0 Å². The molecule has 0 N–H and O–H groups in total. The Hall–Kier alpha value is -1.03. The van der Waals surface area contributed by atoms with E-state index < -0.39 is 0 Å². The van der Waals surface area contributed by atoms with Gasteiger partial charge >= 0.3 is 0 Å². The van der Waals surface area contributed by atoms with Crippen LogP contribution < -0.4 is 10.2 Å². The van der Waals surface area contributed by atoms with E-state index in [1.807, 2.05) is 0 Å². The molecular weight excluding hydrogens is 236 g/mol. The maximum absolute atomic E-state index is 11.2. The summed E-state index contributed by atoms with van der Waals surface area (Å²) < 4.78 is 10.9. The van der Waals surface area contributed by atoms with Crippen molar-refractivity contribution in [3.05, 3.63) is 39.4 Å². The highest BCUT2D eigenvalue weighted by Crippen LogP contribution is 2.12. The van der Waals surface area contributed by atoms with Crippen LogP contribution in [0.1, 0.15) is 5.76 Å². The molecule has 1 aromatic rings. The van der Waals surface area contributed by atoms with E-state index in [9.17, 15) is 4.79 Å². The third kappa shape index (κ3) is 2.73. The largest absolute Gasteiger partial charge is 0.481 e. The van der Waals surface area contributed by atoms with Crippen molar-refractivity contribution in [2.75, 3.05) is 6.61 Å². The first kappa shape index (κ1) is 10.1. The van der Waals surface area contributed by atoms with Crippen molar-refractivity contribution in [2.45, 2.75) is 6.92 Å². The molecule has 1 rings (SSSR count). The fraction of sp³-hybridized carbons (Fsp3) is 0.222.